The van der Waals surface area contributed by atoms with E-state index in [2.05, 4.69) is 82.6 Å². The second kappa shape index (κ2) is 4.00. The van der Waals surface area contributed by atoms with Crippen molar-refractivity contribution in [2.75, 3.05) is 0 Å². The summed E-state index contributed by atoms with van der Waals surface area (Å²) in [6.45, 7) is 14.0. The second-order valence-corrected chi connectivity index (χ2v) is 11.2. The lowest BCUT2D eigenvalue weighted by Gasteiger charge is -2.14. The van der Waals surface area contributed by atoms with Crippen LogP contribution in [0.4, 0.5) is 0 Å². The van der Waals surface area contributed by atoms with Crippen LogP contribution in [0.1, 0.15) is 27.7 Å². The van der Waals surface area contributed by atoms with Crippen LogP contribution in [0.3, 0.4) is 0 Å². The van der Waals surface area contributed by atoms with E-state index in [9.17, 15) is 0 Å². The van der Waals surface area contributed by atoms with E-state index in [1.54, 1.807) is 0 Å². The SMILES string of the molecule is CC1(C)C(C#C[Si](C)(C)c2ccccc2)C1(C)C. The van der Waals surface area contributed by atoms with Crippen LogP contribution in [0, 0.1) is 28.2 Å². The maximum absolute atomic E-state index is 3.64. The monoisotopic (exact) mass is 256 g/mol. The molecule has 1 aliphatic rings. The molecule has 1 heteroatoms. The van der Waals surface area contributed by atoms with Gasteiger partial charge < -0.3 is 0 Å². The van der Waals surface area contributed by atoms with Gasteiger partial charge in [-0.1, -0.05) is 71.1 Å². The molecule has 0 aromatic heterocycles. The van der Waals surface area contributed by atoms with E-state index >= 15 is 0 Å². The molecule has 18 heavy (non-hydrogen) atoms. The molecule has 0 unspecified atom stereocenters. The van der Waals surface area contributed by atoms with E-state index in [4.69, 9.17) is 0 Å². The van der Waals surface area contributed by atoms with E-state index < -0.39 is 8.07 Å². The zero-order valence-corrected chi connectivity index (χ0v) is 13.5. The van der Waals surface area contributed by atoms with Crippen molar-refractivity contribution in [2.24, 2.45) is 16.7 Å². The molecule has 0 amide bonds. The Morgan fingerprint density at radius 3 is 1.89 bits per heavy atom. The highest BCUT2D eigenvalue weighted by molar-refractivity contribution is 6.96. The molecule has 0 nitrogen and oxygen atoms in total. The third-order valence-electron chi connectivity index (χ3n) is 5.05. The highest BCUT2D eigenvalue weighted by Crippen LogP contribution is 2.67. The minimum absolute atomic E-state index is 0.376. The van der Waals surface area contributed by atoms with Crippen molar-refractivity contribution in [3.8, 4) is 11.5 Å². The Kier molecular flexibility index (Phi) is 2.98. The molecule has 96 valence electrons. The molecule has 0 N–H and O–H groups in total. The summed E-state index contributed by atoms with van der Waals surface area (Å²) in [5, 5.41) is 1.44. The summed E-state index contributed by atoms with van der Waals surface area (Å²) in [5.74, 6) is 4.14. The molecule has 0 atom stereocenters. The van der Waals surface area contributed by atoms with E-state index in [0.717, 1.165) is 0 Å². The van der Waals surface area contributed by atoms with Crippen molar-refractivity contribution < 1.29 is 0 Å². The molecule has 0 radical (unpaired) electrons. The predicted molar refractivity (Wildman–Crippen MR) is 82.4 cm³/mol. The van der Waals surface area contributed by atoms with Crippen LogP contribution in [-0.4, -0.2) is 8.07 Å². The number of rotatable bonds is 1. The standard InChI is InChI=1S/C17H24Si/c1-16(2)15(17(16,3)4)12-13-18(5,6)14-10-8-7-9-11-14/h7-11,15H,1-6H3. The average molecular weight is 256 g/mol. The Morgan fingerprint density at radius 2 is 1.44 bits per heavy atom. The summed E-state index contributed by atoms with van der Waals surface area (Å²) in [4.78, 5) is 0. The van der Waals surface area contributed by atoms with Gasteiger partial charge in [0.25, 0.3) is 0 Å². The molecule has 1 aliphatic carbocycles. The molecule has 0 spiro atoms. The lowest BCUT2D eigenvalue weighted by Crippen LogP contribution is -2.40. The van der Waals surface area contributed by atoms with Gasteiger partial charge in [-0.25, -0.2) is 0 Å². The van der Waals surface area contributed by atoms with Gasteiger partial charge in [0.2, 0.25) is 0 Å². The Morgan fingerprint density at radius 1 is 0.944 bits per heavy atom. The molecule has 0 bridgehead atoms. The summed E-state index contributed by atoms with van der Waals surface area (Å²) in [5.41, 5.74) is 4.39. The normalized spacial score (nSPS) is 21.0. The summed E-state index contributed by atoms with van der Waals surface area (Å²) in [7, 11) is -1.59. The lowest BCUT2D eigenvalue weighted by molar-refractivity contribution is 0.457. The van der Waals surface area contributed by atoms with Crippen molar-refractivity contribution in [1.29, 1.82) is 0 Å². The van der Waals surface area contributed by atoms with Crippen LogP contribution in [0.25, 0.3) is 0 Å². The maximum atomic E-state index is 3.64. The quantitative estimate of drug-likeness (QED) is 0.529. The number of benzene rings is 1. The Labute approximate surface area is 113 Å². The molecule has 1 fully saturated rings. The zero-order chi connectivity index (χ0) is 13.6. The lowest BCUT2D eigenvalue weighted by atomic mass is 10.0. The first-order chi connectivity index (χ1) is 8.19. The summed E-state index contributed by atoms with van der Waals surface area (Å²) < 4.78 is 0. The van der Waals surface area contributed by atoms with Crippen molar-refractivity contribution in [2.45, 2.75) is 40.8 Å². The van der Waals surface area contributed by atoms with Crippen LogP contribution in [0.5, 0.6) is 0 Å². The zero-order valence-electron chi connectivity index (χ0n) is 12.5. The highest BCUT2D eigenvalue weighted by atomic mass is 28.3. The van der Waals surface area contributed by atoms with Gasteiger partial charge >= 0.3 is 0 Å². The fourth-order valence-corrected chi connectivity index (χ4v) is 4.41. The van der Waals surface area contributed by atoms with Gasteiger partial charge in [-0.15, -0.1) is 11.5 Å². The van der Waals surface area contributed by atoms with Crippen molar-refractivity contribution in [3.63, 3.8) is 0 Å². The molecule has 2 rings (SSSR count). The van der Waals surface area contributed by atoms with Crippen LogP contribution in [0.2, 0.25) is 13.1 Å². The Balaban J connectivity index is 2.22. The molecule has 1 aromatic carbocycles. The molecular weight excluding hydrogens is 232 g/mol. The van der Waals surface area contributed by atoms with E-state index in [1.165, 1.54) is 5.19 Å². The van der Waals surface area contributed by atoms with Gasteiger partial charge in [-0.05, 0) is 16.0 Å². The Bertz CT molecular complexity index is 483. The third kappa shape index (κ3) is 2.04. The molecule has 0 aliphatic heterocycles. The van der Waals surface area contributed by atoms with Crippen molar-refractivity contribution in [3.05, 3.63) is 30.3 Å². The maximum Gasteiger partial charge on any atom is 0.162 e. The van der Waals surface area contributed by atoms with Crippen LogP contribution < -0.4 is 5.19 Å². The van der Waals surface area contributed by atoms with Gasteiger partial charge in [-0.3, -0.25) is 0 Å². The smallest absolute Gasteiger partial charge is 0.126 e. The van der Waals surface area contributed by atoms with E-state index in [0.29, 0.717) is 16.7 Å². The minimum atomic E-state index is -1.59. The summed E-state index contributed by atoms with van der Waals surface area (Å²) >= 11 is 0. The number of hydrogen-bond acceptors (Lipinski definition) is 0. The minimum Gasteiger partial charge on any atom is -0.126 e. The van der Waals surface area contributed by atoms with Crippen LogP contribution in [-0.2, 0) is 0 Å². The second-order valence-electron chi connectivity index (χ2n) is 7.14. The molecule has 1 saturated carbocycles. The van der Waals surface area contributed by atoms with Gasteiger partial charge in [0.05, 0.1) is 0 Å². The molecule has 1 aromatic rings. The summed E-state index contributed by atoms with van der Waals surface area (Å²) in [6.07, 6.45) is 0. The molecule has 0 saturated heterocycles. The van der Waals surface area contributed by atoms with Crippen LogP contribution >= 0.6 is 0 Å². The first kappa shape index (κ1) is 13.4. The van der Waals surface area contributed by atoms with E-state index in [-0.39, 0.29) is 0 Å². The topological polar surface area (TPSA) is 0 Å². The first-order valence-corrected chi connectivity index (χ1v) is 9.78. The molecular formula is C17H24Si. The highest BCUT2D eigenvalue weighted by Gasteiger charge is 2.64. The first-order valence-electron chi connectivity index (χ1n) is 6.78. The van der Waals surface area contributed by atoms with Crippen molar-refractivity contribution in [1.82, 2.24) is 0 Å². The summed E-state index contributed by atoms with van der Waals surface area (Å²) in [6, 6.07) is 10.8. The van der Waals surface area contributed by atoms with Gasteiger partial charge in [0, 0.05) is 5.92 Å². The van der Waals surface area contributed by atoms with E-state index in [1.807, 2.05) is 0 Å². The third-order valence-corrected chi connectivity index (χ3v) is 7.59. The van der Waals surface area contributed by atoms with Gasteiger partial charge in [0.1, 0.15) is 0 Å². The van der Waals surface area contributed by atoms with Crippen molar-refractivity contribution >= 4 is 13.3 Å². The van der Waals surface area contributed by atoms with Crippen LogP contribution in [0.15, 0.2) is 30.3 Å². The van der Waals surface area contributed by atoms with Gasteiger partial charge in [-0.2, -0.15) is 0 Å². The average Bonchev–Trinajstić information content (AvgIpc) is 2.68. The van der Waals surface area contributed by atoms with Gasteiger partial charge in [0.15, 0.2) is 8.07 Å². The molecule has 0 heterocycles. The number of hydrogen-bond donors (Lipinski definition) is 0. The fraction of sp³-hybridized carbons (Fsp3) is 0.529. The predicted octanol–water partition coefficient (Wildman–Crippen LogP) is 3.83. The fourth-order valence-electron chi connectivity index (χ4n) is 2.74. The Hall–Kier alpha value is -1.00. The largest absolute Gasteiger partial charge is 0.162 e.